The SMILES string of the molecule is Fc1cccc2c3c(n(CCc4ccccc4)c12)CCNC3. The van der Waals surface area contributed by atoms with Gasteiger partial charge in [-0.3, -0.25) is 0 Å². The lowest BCUT2D eigenvalue weighted by atomic mass is 10.1. The van der Waals surface area contributed by atoms with Crippen LogP contribution in [0.25, 0.3) is 10.9 Å². The van der Waals surface area contributed by atoms with E-state index in [-0.39, 0.29) is 5.82 Å². The van der Waals surface area contributed by atoms with E-state index in [1.54, 1.807) is 6.07 Å². The third kappa shape index (κ3) is 2.22. The molecule has 0 radical (unpaired) electrons. The van der Waals surface area contributed by atoms with Gasteiger partial charge in [0.1, 0.15) is 5.82 Å². The Kier molecular flexibility index (Phi) is 3.43. The molecule has 4 rings (SSSR count). The minimum Gasteiger partial charge on any atom is -0.342 e. The second-order valence-corrected chi connectivity index (χ2v) is 5.88. The van der Waals surface area contributed by atoms with Gasteiger partial charge in [-0.25, -0.2) is 4.39 Å². The summed E-state index contributed by atoms with van der Waals surface area (Å²) in [7, 11) is 0. The highest BCUT2D eigenvalue weighted by molar-refractivity contribution is 5.86. The molecular weight excluding hydrogens is 275 g/mol. The summed E-state index contributed by atoms with van der Waals surface area (Å²) in [6, 6.07) is 15.8. The molecule has 0 fully saturated rings. The third-order valence-electron chi connectivity index (χ3n) is 4.56. The quantitative estimate of drug-likeness (QED) is 0.780. The van der Waals surface area contributed by atoms with Crippen molar-refractivity contribution in [3.8, 4) is 0 Å². The van der Waals surface area contributed by atoms with Crippen LogP contribution >= 0.6 is 0 Å². The van der Waals surface area contributed by atoms with E-state index < -0.39 is 0 Å². The molecule has 0 bridgehead atoms. The molecule has 2 nitrogen and oxygen atoms in total. The Morgan fingerprint density at radius 1 is 1.05 bits per heavy atom. The number of aromatic nitrogens is 1. The molecule has 0 saturated carbocycles. The fourth-order valence-corrected chi connectivity index (χ4v) is 3.52. The van der Waals surface area contributed by atoms with Crippen molar-refractivity contribution < 1.29 is 4.39 Å². The number of para-hydroxylation sites is 1. The number of hydrogen-bond acceptors (Lipinski definition) is 1. The number of halogens is 1. The normalized spacial score (nSPS) is 14.2. The van der Waals surface area contributed by atoms with E-state index in [9.17, 15) is 4.39 Å². The maximum atomic E-state index is 14.4. The van der Waals surface area contributed by atoms with E-state index >= 15 is 0 Å². The molecule has 1 aliphatic heterocycles. The molecule has 0 atom stereocenters. The van der Waals surface area contributed by atoms with E-state index in [4.69, 9.17) is 0 Å². The van der Waals surface area contributed by atoms with Crippen molar-refractivity contribution >= 4 is 10.9 Å². The summed E-state index contributed by atoms with van der Waals surface area (Å²) in [5, 5.41) is 4.47. The van der Waals surface area contributed by atoms with Gasteiger partial charge in [0.25, 0.3) is 0 Å². The summed E-state index contributed by atoms with van der Waals surface area (Å²) < 4.78 is 16.6. The molecule has 2 heterocycles. The van der Waals surface area contributed by atoms with Crippen molar-refractivity contribution in [2.24, 2.45) is 0 Å². The van der Waals surface area contributed by atoms with Crippen LogP contribution in [0, 0.1) is 5.82 Å². The van der Waals surface area contributed by atoms with Crippen LogP contribution < -0.4 is 5.32 Å². The first-order valence-corrected chi connectivity index (χ1v) is 7.87. The number of nitrogens with one attached hydrogen (secondary N) is 1. The summed E-state index contributed by atoms with van der Waals surface area (Å²) in [4.78, 5) is 0. The fourth-order valence-electron chi connectivity index (χ4n) is 3.52. The van der Waals surface area contributed by atoms with Crippen molar-refractivity contribution in [2.45, 2.75) is 25.9 Å². The van der Waals surface area contributed by atoms with Gasteiger partial charge in [-0.2, -0.15) is 0 Å². The lowest BCUT2D eigenvalue weighted by Gasteiger charge is -2.17. The van der Waals surface area contributed by atoms with E-state index in [1.807, 2.05) is 18.2 Å². The first-order valence-electron chi connectivity index (χ1n) is 7.87. The largest absolute Gasteiger partial charge is 0.342 e. The van der Waals surface area contributed by atoms with Gasteiger partial charge in [-0.15, -0.1) is 0 Å². The van der Waals surface area contributed by atoms with Crippen molar-refractivity contribution in [1.82, 2.24) is 9.88 Å². The molecule has 0 amide bonds. The molecule has 1 aromatic heterocycles. The average molecular weight is 294 g/mol. The number of hydrogen-bond donors (Lipinski definition) is 1. The first-order chi connectivity index (χ1) is 10.8. The molecule has 0 spiro atoms. The number of rotatable bonds is 3. The van der Waals surface area contributed by atoms with Crippen LogP contribution in [-0.2, 0) is 25.9 Å². The number of benzene rings is 2. The zero-order chi connectivity index (χ0) is 14.9. The summed E-state index contributed by atoms with van der Waals surface area (Å²) in [6.45, 7) is 2.64. The van der Waals surface area contributed by atoms with Gasteiger partial charge in [0, 0.05) is 37.1 Å². The Morgan fingerprint density at radius 2 is 1.91 bits per heavy atom. The smallest absolute Gasteiger partial charge is 0.147 e. The second-order valence-electron chi connectivity index (χ2n) is 5.88. The van der Waals surface area contributed by atoms with E-state index in [2.05, 4.69) is 34.1 Å². The Hall–Kier alpha value is -2.13. The van der Waals surface area contributed by atoms with E-state index in [1.165, 1.54) is 16.8 Å². The Balaban J connectivity index is 1.79. The van der Waals surface area contributed by atoms with Gasteiger partial charge in [0.05, 0.1) is 5.52 Å². The minimum atomic E-state index is -0.111. The van der Waals surface area contributed by atoms with Gasteiger partial charge in [0.15, 0.2) is 0 Å². The van der Waals surface area contributed by atoms with Crippen molar-refractivity contribution in [3.63, 3.8) is 0 Å². The molecule has 3 aromatic rings. The van der Waals surface area contributed by atoms with Crippen LogP contribution in [0.2, 0.25) is 0 Å². The summed E-state index contributed by atoms with van der Waals surface area (Å²) >= 11 is 0. The predicted octanol–water partition coefficient (Wildman–Crippen LogP) is 3.67. The highest BCUT2D eigenvalue weighted by Crippen LogP contribution is 2.30. The standard InChI is InChI=1S/C19H19FN2/c20-17-8-4-7-15-16-13-21-11-9-18(16)22(19(15)17)12-10-14-5-2-1-3-6-14/h1-8,21H,9-13H2. The van der Waals surface area contributed by atoms with Gasteiger partial charge >= 0.3 is 0 Å². The topological polar surface area (TPSA) is 17.0 Å². The molecule has 1 aliphatic rings. The molecule has 0 saturated heterocycles. The Morgan fingerprint density at radius 3 is 2.77 bits per heavy atom. The van der Waals surface area contributed by atoms with Crippen molar-refractivity contribution in [1.29, 1.82) is 0 Å². The molecular formula is C19H19FN2. The Labute approximate surface area is 129 Å². The van der Waals surface area contributed by atoms with Gasteiger partial charge in [-0.05, 0) is 23.6 Å². The van der Waals surface area contributed by atoms with Crippen LogP contribution in [0.15, 0.2) is 48.5 Å². The van der Waals surface area contributed by atoms with Crippen molar-refractivity contribution in [3.05, 3.63) is 71.2 Å². The molecule has 22 heavy (non-hydrogen) atoms. The molecule has 112 valence electrons. The Bertz CT molecular complexity index is 805. The predicted molar refractivity (Wildman–Crippen MR) is 87.5 cm³/mol. The van der Waals surface area contributed by atoms with Crippen LogP contribution in [0.4, 0.5) is 4.39 Å². The maximum Gasteiger partial charge on any atom is 0.147 e. The summed E-state index contributed by atoms with van der Waals surface area (Å²) in [5.74, 6) is -0.111. The van der Waals surface area contributed by atoms with Crippen molar-refractivity contribution in [2.75, 3.05) is 6.54 Å². The van der Waals surface area contributed by atoms with Gasteiger partial charge < -0.3 is 9.88 Å². The van der Waals surface area contributed by atoms with E-state index in [0.29, 0.717) is 0 Å². The number of fused-ring (bicyclic) bond motifs is 3. The summed E-state index contributed by atoms with van der Waals surface area (Å²) in [6.07, 6.45) is 1.90. The fraction of sp³-hybridized carbons (Fsp3) is 0.263. The van der Waals surface area contributed by atoms with Gasteiger partial charge in [0.2, 0.25) is 0 Å². The lowest BCUT2D eigenvalue weighted by Crippen LogP contribution is -2.24. The van der Waals surface area contributed by atoms with Gasteiger partial charge in [-0.1, -0.05) is 42.5 Å². The molecule has 1 N–H and O–H groups in total. The van der Waals surface area contributed by atoms with Crippen LogP contribution in [0.3, 0.4) is 0 Å². The van der Waals surface area contributed by atoms with E-state index in [0.717, 1.165) is 43.4 Å². The van der Waals surface area contributed by atoms with Crippen LogP contribution in [0.1, 0.15) is 16.8 Å². The van der Waals surface area contributed by atoms with Crippen LogP contribution in [-0.4, -0.2) is 11.1 Å². The third-order valence-corrected chi connectivity index (χ3v) is 4.56. The minimum absolute atomic E-state index is 0.111. The highest BCUT2D eigenvalue weighted by atomic mass is 19.1. The second kappa shape index (κ2) is 5.58. The monoisotopic (exact) mass is 294 g/mol. The average Bonchev–Trinajstić information content (AvgIpc) is 2.89. The first kappa shape index (κ1) is 13.5. The maximum absolute atomic E-state index is 14.4. The summed E-state index contributed by atoms with van der Waals surface area (Å²) in [5.41, 5.74) is 4.64. The zero-order valence-corrected chi connectivity index (χ0v) is 12.5. The van der Waals surface area contributed by atoms with Crippen LogP contribution in [0.5, 0.6) is 0 Å². The molecule has 0 aliphatic carbocycles. The zero-order valence-electron chi connectivity index (χ0n) is 12.5. The molecule has 3 heteroatoms. The number of nitrogens with zero attached hydrogens (tertiary/aromatic N) is 1. The number of aryl methyl sites for hydroxylation is 2. The molecule has 0 unspecified atom stereocenters. The highest BCUT2D eigenvalue weighted by Gasteiger charge is 2.21. The molecule has 2 aromatic carbocycles. The lowest BCUT2D eigenvalue weighted by molar-refractivity contribution is 0.583.